The normalized spacial score (nSPS) is 14.9. The Balaban J connectivity index is 1.58. The number of thiazole rings is 1. The molecule has 0 unspecified atom stereocenters. The van der Waals surface area contributed by atoms with E-state index in [4.69, 9.17) is 10.5 Å². The molecule has 25 heavy (non-hydrogen) atoms. The number of rotatable bonds is 6. The van der Waals surface area contributed by atoms with Crippen molar-refractivity contribution in [3.8, 4) is 5.75 Å². The van der Waals surface area contributed by atoms with E-state index in [1.165, 1.54) is 16.2 Å². The number of ether oxygens (including phenoxy) is 1. The highest BCUT2D eigenvalue weighted by atomic mass is 32.1. The highest BCUT2D eigenvalue weighted by molar-refractivity contribution is 7.15. The Bertz CT molecular complexity index is 739. The van der Waals surface area contributed by atoms with Crippen molar-refractivity contribution in [3.63, 3.8) is 0 Å². The lowest BCUT2D eigenvalue weighted by molar-refractivity contribution is -0.119. The molecule has 7 nitrogen and oxygen atoms in total. The van der Waals surface area contributed by atoms with Gasteiger partial charge in [0.05, 0.1) is 0 Å². The van der Waals surface area contributed by atoms with Gasteiger partial charge in [0.2, 0.25) is 0 Å². The lowest BCUT2D eigenvalue weighted by atomic mass is 9.97. The summed E-state index contributed by atoms with van der Waals surface area (Å²) in [5.41, 5.74) is 5.51. The van der Waals surface area contributed by atoms with Crippen molar-refractivity contribution in [2.45, 2.75) is 18.8 Å². The quantitative estimate of drug-likeness (QED) is 0.727. The van der Waals surface area contributed by atoms with Crippen LogP contribution in [0.15, 0.2) is 30.5 Å². The molecule has 3 rings (SSSR count). The molecular formula is C17H20N4O3S. The molecule has 0 aliphatic carbocycles. The second-order valence-corrected chi connectivity index (χ2v) is 6.89. The molecule has 1 aromatic heterocycles. The van der Waals surface area contributed by atoms with Crippen LogP contribution in [0.1, 0.15) is 34.0 Å². The van der Waals surface area contributed by atoms with E-state index in [-0.39, 0.29) is 12.5 Å². The first kappa shape index (κ1) is 17.4. The maximum Gasteiger partial charge on any atom is 0.257 e. The number of piperidine rings is 1. The number of carbonyl (C=O) groups is 2. The summed E-state index contributed by atoms with van der Waals surface area (Å²) in [6.07, 6.45) is 4.06. The van der Waals surface area contributed by atoms with Gasteiger partial charge in [0.25, 0.3) is 11.8 Å². The fraction of sp³-hybridized carbons (Fsp3) is 0.353. The minimum Gasteiger partial charge on any atom is -0.484 e. The number of amides is 2. The topological polar surface area (TPSA) is 106 Å². The molecule has 1 fully saturated rings. The van der Waals surface area contributed by atoms with E-state index in [0.717, 1.165) is 25.9 Å². The summed E-state index contributed by atoms with van der Waals surface area (Å²) in [5.74, 6) is 0.228. The zero-order valence-corrected chi connectivity index (χ0v) is 14.5. The number of hydrogen-bond acceptors (Lipinski definition) is 6. The van der Waals surface area contributed by atoms with E-state index >= 15 is 0 Å². The van der Waals surface area contributed by atoms with Crippen molar-refractivity contribution in [2.24, 2.45) is 5.73 Å². The van der Waals surface area contributed by atoms with Crippen LogP contribution in [0.2, 0.25) is 0 Å². The SMILES string of the molecule is NC(=O)COc1ccc(C(=O)Nc2ncc(C3CCNCC3)s2)cc1. The number of nitrogens with two attached hydrogens (primary N) is 1. The highest BCUT2D eigenvalue weighted by Gasteiger charge is 2.18. The molecule has 1 aromatic carbocycles. The summed E-state index contributed by atoms with van der Waals surface area (Å²) in [6, 6.07) is 6.51. The Morgan fingerprint density at radius 3 is 2.68 bits per heavy atom. The van der Waals surface area contributed by atoms with Gasteiger partial charge in [-0.3, -0.25) is 14.9 Å². The number of aromatic nitrogens is 1. The largest absolute Gasteiger partial charge is 0.484 e. The van der Waals surface area contributed by atoms with Crippen LogP contribution in [0, 0.1) is 0 Å². The van der Waals surface area contributed by atoms with Crippen molar-refractivity contribution in [3.05, 3.63) is 40.9 Å². The highest BCUT2D eigenvalue weighted by Crippen LogP contribution is 2.31. The lowest BCUT2D eigenvalue weighted by Gasteiger charge is -2.20. The first-order valence-corrected chi connectivity index (χ1v) is 8.92. The van der Waals surface area contributed by atoms with E-state index in [0.29, 0.717) is 22.4 Å². The number of primary amides is 1. The van der Waals surface area contributed by atoms with Gasteiger partial charge in [0, 0.05) is 16.6 Å². The van der Waals surface area contributed by atoms with Gasteiger partial charge in [-0.2, -0.15) is 0 Å². The average Bonchev–Trinajstić information content (AvgIpc) is 3.09. The summed E-state index contributed by atoms with van der Waals surface area (Å²) in [7, 11) is 0. The third-order valence-corrected chi connectivity index (χ3v) is 5.06. The lowest BCUT2D eigenvalue weighted by Crippen LogP contribution is -2.26. The number of hydrogen-bond donors (Lipinski definition) is 3. The number of anilines is 1. The summed E-state index contributed by atoms with van der Waals surface area (Å²) in [5, 5.41) is 6.77. The maximum atomic E-state index is 12.3. The number of benzene rings is 1. The summed E-state index contributed by atoms with van der Waals surface area (Å²) in [4.78, 5) is 28.5. The van der Waals surface area contributed by atoms with Crippen LogP contribution in [-0.2, 0) is 4.79 Å². The van der Waals surface area contributed by atoms with E-state index in [9.17, 15) is 9.59 Å². The van der Waals surface area contributed by atoms with Crippen LogP contribution in [0.5, 0.6) is 5.75 Å². The third kappa shape index (κ3) is 4.77. The Hall–Kier alpha value is -2.45. The summed E-state index contributed by atoms with van der Waals surface area (Å²) in [6.45, 7) is 1.85. The Kier molecular flexibility index (Phi) is 5.62. The van der Waals surface area contributed by atoms with E-state index in [2.05, 4.69) is 15.6 Å². The molecule has 0 radical (unpaired) electrons. The molecule has 1 saturated heterocycles. The van der Waals surface area contributed by atoms with E-state index < -0.39 is 5.91 Å². The predicted molar refractivity (Wildman–Crippen MR) is 96.0 cm³/mol. The zero-order valence-electron chi connectivity index (χ0n) is 13.7. The van der Waals surface area contributed by atoms with Gasteiger partial charge in [-0.15, -0.1) is 11.3 Å². The van der Waals surface area contributed by atoms with Crippen molar-refractivity contribution in [1.29, 1.82) is 0 Å². The number of carbonyl (C=O) groups excluding carboxylic acids is 2. The fourth-order valence-corrected chi connectivity index (χ4v) is 3.65. The van der Waals surface area contributed by atoms with Crippen molar-refractivity contribution < 1.29 is 14.3 Å². The molecule has 0 saturated carbocycles. The van der Waals surface area contributed by atoms with Gasteiger partial charge in [-0.1, -0.05) is 0 Å². The molecule has 0 atom stereocenters. The molecule has 132 valence electrons. The molecule has 2 amide bonds. The maximum absolute atomic E-state index is 12.3. The molecule has 1 aliphatic rings. The predicted octanol–water partition coefficient (Wildman–Crippen LogP) is 1.73. The van der Waals surface area contributed by atoms with Crippen LogP contribution in [-0.4, -0.2) is 36.5 Å². The standard InChI is InChI=1S/C17H20N4O3S/c18-15(22)10-24-13-3-1-12(2-4-13)16(23)21-17-20-9-14(25-17)11-5-7-19-8-6-11/h1-4,9,11,19H,5-8,10H2,(H2,18,22)(H,20,21,23). The summed E-state index contributed by atoms with van der Waals surface area (Å²) >= 11 is 1.53. The first-order valence-electron chi connectivity index (χ1n) is 8.11. The summed E-state index contributed by atoms with van der Waals surface area (Å²) < 4.78 is 5.17. The van der Waals surface area contributed by atoms with Gasteiger partial charge in [0.1, 0.15) is 5.75 Å². The molecule has 2 aromatic rings. The van der Waals surface area contributed by atoms with Gasteiger partial charge >= 0.3 is 0 Å². The van der Waals surface area contributed by atoms with Crippen LogP contribution in [0.4, 0.5) is 5.13 Å². The second-order valence-electron chi connectivity index (χ2n) is 5.83. The molecular weight excluding hydrogens is 340 g/mol. The monoisotopic (exact) mass is 360 g/mol. The molecule has 2 heterocycles. The van der Waals surface area contributed by atoms with Gasteiger partial charge in [-0.25, -0.2) is 4.98 Å². The molecule has 4 N–H and O–H groups in total. The minimum absolute atomic E-state index is 0.190. The second kappa shape index (κ2) is 8.09. The van der Waals surface area contributed by atoms with Crippen LogP contribution in [0.3, 0.4) is 0 Å². The molecule has 0 bridgehead atoms. The first-order chi connectivity index (χ1) is 12.1. The Labute approximate surface area is 149 Å². The van der Waals surface area contributed by atoms with Crippen molar-refractivity contribution >= 4 is 28.3 Å². The van der Waals surface area contributed by atoms with Gasteiger partial charge < -0.3 is 15.8 Å². The smallest absolute Gasteiger partial charge is 0.257 e. The average molecular weight is 360 g/mol. The van der Waals surface area contributed by atoms with Crippen molar-refractivity contribution in [2.75, 3.05) is 25.0 Å². The van der Waals surface area contributed by atoms with Crippen LogP contribution >= 0.6 is 11.3 Å². The molecule has 0 spiro atoms. The van der Waals surface area contributed by atoms with Gasteiger partial charge in [-0.05, 0) is 56.1 Å². The van der Waals surface area contributed by atoms with Crippen molar-refractivity contribution in [1.82, 2.24) is 10.3 Å². The molecule has 1 aliphatic heterocycles. The van der Waals surface area contributed by atoms with E-state index in [1.54, 1.807) is 24.3 Å². The number of nitrogens with one attached hydrogen (secondary N) is 2. The minimum atomic E-state index is -0.546. The third-order valence-electron chi connectivity index (χ3n) is 3.98. The van der Waals surface area contributed by atoms with Gasteiger partial charge in [0.15, 0.2) is 11.7 Å². The Morgan fingerprint density at radius 1 is 1.28 bits per heavy atom. The zero-order chi connectivity index (χ0) is 17.6. The molecule has 8 heteroatoms. The van der Waals surface area contributed by atoms with Crippen LogP contribution < -0.4 is 21.1 Å². The van der Waals surface area contributed by atoms with E-state index in [1.807, 2.05) is 6.20 Å². The Morgan fingerprint density at radius 2 is 2.00 bits per heavy atom. The number of nitrogens with zero attached hydrogens (tertiary/aromatic N) is 1. The van der Waals surface area contributed by atoms with Crippen LogP contribution in [0.25, 0.3) is 0 Å². The fourth-order valence-electron chi connectivity index (χ4n) is 2.67.